The van der Waals surface area contributed by atoms with E-state index in [1.54, 1.807) is 20.9 Å². The molecule has 0 radical (unpaired) electrons. The lowest BCUT2D eigenvalue weighted by atomic mass is 10.1. The highest BCUT2D eigenvalue weighted by Crippen LogP contribution is 2.32. The molecule has 0 N–H and O–H groups in total. The normalized spacial score (nSPS) is 13.5. The number of rotatable bonds is 6. The van der Waals surface area contributed by atoms with Gasteiger partial charge in [0.15, 0.2) is 11.5 Å². The maximum atomic E-state index is 12.0. The zero-order valence-electron chi connectivity index (χ0n) is 14.4. The summed E-state index contributed by atoms with van der Waals surface area (Å²) >= 11 is 0. The summed E-state index contributed by atoms with van der Waals surface area (Å²) in [5.41, 5.74) is 1.03. The van der Waals surface area contributed by atoms with Gasteiger partial charge in [-0.25, -0.2) is 4.79 Å². The Hall–Kier alpha value is -2.44. The summed E-state index contributed by atoms with van der Waals surface area (Å²) in [6, 6.07) is 5.60. The lowest BCUT2D eigenvalue weighted by Gasteiger charge is -2.24. The van der Waals surface area contributed by atoms with Gasteiger partial charge < -0.3 is 23.8 Å². The van der Waals surface area contributed by atoms with Gasteiger partial charge in [-0.3, -0.25) is 4.79 Å². The minimum Gasteiger partial charge on any atom is -0.454 e. The molecule has 1 aliphatic rings. The third kappa shape index (κ3) is 4.53. The molecule has 0 saturated heterocycles. The van der Waals surface area contributed by atoms with Crippen LogP contribution in [0.5, 0.6) is 11.5 Å². The van der Waals surface area contributed by atoms with Crippen LogP contribution in [-0.4, -0.2) is 43.6 Å². The highest BCUT2D eigenvalue weighted by Gasteiger charge is 2.20. The highest BCUT2D eigenvalue weighted by molar-refractivity contribution is 5.72. The summed E-state index contributed by atoms with van der Waals surface area (Å²) in [5, 5.41) is 0. The van der Waals surface area contributed by atoms with Crippen molar-refractivity contribution in [2.24, 2.45) is 5.92 Å². The number of amides is 1. The summed E-state index contributed by atoms with van der Waals surface area (Å²) < 4.78 is 20.4. The number of hydrogen-bond acceptors (Lipinski definition) is 6. The molecule has 1 heterocycles. The average molecular weight is 337 g/mol. The molecule has 132 valence electrons. The van der Waals surface area contributed by atoms with Crippen LogP contribution in [0.15, 0.2) is 18.2 Å². The fourth-order valence-electron chi connectivity index (χ4n) is 2.13. The standard InChI is InChI=1S/C17H23NO6/c1-11(2)16(19)23-10-24-17(20)18(4)12(3)7-13-5-6-14-15(8-13)22-9-21-14/h5-6,8,11-12H,7,9-10H2,1-4H3. The molecule has 0 fully saturated rings. The van der Waals surface area contributed by atoms with Crippen LogP contribution in [0.4, 0.5) is 4.79 Å². The molecule has 0 aliphatic carbocycles. The second-order valence-electron chi connectivity index (χ2n) is 6.00. The predicted octanol–water partition coefficient (Wildman–Crippen LogP) is 2.57. The number of likely N-dealkylation sites (N-methyl/N-ethyl adjacent to an activating group) is 1. The van der Waals surface area contributed by atoms with Crippen molar-refractivity contribution in [3.05, 3.63) is 23.8 Å². The molecule has 0 spiro atoms. The van der Waals surface area contributed by atoms with Gasteiger partial charge in [0.25, 0.3) is 0 Å². The van der Waals surface area contributed by atoms with Gasteiger partial charge >= 0.3 is 12.1 Å². The van der Waals surface area contributed by atoms with Crippen LogP contribution in [0.3, 0.4) is 0 Å². The van der Waals surface area contributed by atoms with Gasteiger partial charge in [0, 0.05) is 13.1 Å². The number of fused-ring (bicyclic) bond motifs is 1. The highest BCUT2D eigenvalue weighted by atomic mass is 16.7. The van der Waals surface area contributed by atoms with Crippen molar-refractivity contribution in [1.82, 2.24) is 4.90 Å². The van der Waals surface area contributed by atoms with Crippen LogP contribution in [0.2, 0.25) is 0 Å². The Bertz CT molecular complexity index is 601. The molecule has 1 aliphatic heterocycles. The van der Waals surface area contributed by atoms with Gasteiger partial charge in [-0.1, -0.05) is 19.9 Å². The Kier molecular flexibility index (Phi) is 5.89. The fourth-order valence-corrected chi connectivity index (χ4v) is 2.13. The largest absolute Gasteiger partial charge is 0.454 e. The SMILES string of the molecule is CC(C)C(=O)OCOC(=O)N(C)C(C)Cc1ccc2c(c1)OCO2. The number of esters is 1. The van der Waals surface area contributed by atoms with Crippen molar-refractivity contribution < 1.29 is 28.5 Å². The van der Waals surface area contributed by atoms with Crippen LogP contribution in [0.25, 0.3) is 0 Å². The maximum absolute atomic E-state index is 12.0. The first kappa shape index (κ1) is 17.9. The van der Waals surface area contributed by atoms with Gasteiger partial charge in [0.1, 0.15) is 0 Å². The zero-order valence-corrected chi connectivity index (χ0v) is 14.4. The molecule has 1 unspecified atom stereocenters. The lowest BCUT2D eigenvalue weighted by molar-refractivity contribution is -0.156. The fraction of sp³-hybridized carbons (Fsp3) is 0.529. The molecule has 0 saturated carbocycles. The molecular weight excluding hydrogens is 314 g/mol. The Morgan fingerprint density at radius 3 is 2.58 bits per heavy atom. The molecule has 24 heavy (non-hydrogen) atoms. The average Bonchev–Trinajstić information content (AvgIpc) is 3.01. The third-order valence-corrected chi connectivity index (χ3v) is 3.77. The Morgan fingerprint density at radius 1 is 1.17 bits per heavy atom. The predicted molar refractivity (Wildman–Crippen MR) is 85.8 cm³/mol. The van der Waals surface area contributed by atoms with Crippen molar-refractivity contribution >= 4 is 12.1 Å². The van der Waals surface area contributed by atoms with Crippen LogP contribution in [0.1, 0.15) is 26.3 Å². The topological polar surface area (TPSA) is 74.3 Å². The molecule has 1 amide bonds. The van der Waals surface area contributed by atoms with Crippen molar-refractivity contribution in [3.8, 4) is 11.5 Å². The smallest absolute Gasteiger partial charge is 0.412 e. The molecule has 1 aromatic rings. The van der Waals surface area contributed by atoms with E-state index in [1.807, 2.05) is 25.1 Å². The van der Waals surface area contributed by atoms with E-state index in [4.69, 9.17) is 18.9 Å². The number of benzene rings is 1. The van der Waals surface area contributed by atoms with Gasteiger partial charge in [0.05, 0.1) is 5.92 Å². The molecule has 7 nitrogen and oxygen atoms in total. The first-order valence-corrected chi connectivity index (χ1v) is 7.83. The van der Waals surface area contributed by atoms with Crippen molar-refractivity contribution in [3.63, 3.8) is 0 Å². The van der Waals surface area contributed by atoms with E-state index in [0.717, 1.165) is 11.3 Å². The number of carbonyl (C=O) groups excluding carboxylic acids is 2. The second-order valence-corrected chi connectivity index (χ2v) is 6.00. The molecule has 1 atom stereocenters. The number of ether oxygens (including phenoxy) is 4. The zero-order chi connectivity index (χ0) is 17.7. The quantitative estimate of drug-likeness (QED) is 0.587. The third-order valence-electron chi connectivity index (χ3n) is 3.77. The summed E-state index contributed by atoms with van der Waals surface area (Å²) in [4.78, 5) is 24.8. The number of nitrogens with zero attached hydrogens (tertiary/aromatic N) is 1. The van der Waals surface area contributed by atoms with E-state index in [2.05, 4.69) is 0 Å². The van der Waals surface area contributed by atoms with Gasteiger partial charge in [-0.2, -0.15) is 0 Å². The molecule has 7 heteroatoms. The van der Waals surface area contributed by atoms with E-state index in [-0.39, 0.29) is 25.5 Å². The number of carbonyl (C=O) groups is 2. The first-order chi connectivity index (χ1) is 11.4. The second kappa shape index (κ2) is 7.90. The van der Waals surface area contributed by atoms with Crippen molar-refractivity contribution in [2.75, 3.05) is 20.6 Å². The van der Waals surface area contributed by atoms with Gasteiger partial charge in [0.2, 0.25) is 13.6 Å². The van der Waals surface area contributed by atoms with E-state index < -0.39 is 12.1 Å². The van der Waals surface area contributed by atoms with Gasteiger partial charge in [-0.05, 0) is 31.0 Å². The minimum absolute atomic E-state index is 0.0985. The minimum atomic E-state index is -0.542. The summed E-state index contributed by atoms with van der Waals surface area (Å²) in [7, 11) is 1.64. The molecular formula is C17H23NO6. The van der Waals surface area contributed by atoms with E-state index in [1.165, 1.54) is 4.90 Å². The molecule has 2 rings (SSSR count). The van der Waals surface area contributed by atoms with Crippen LogP contribution < -0.4 is 9.47 Å². The lowest BCUT2D eigenvalue weighted by Crippen LogP contribution is -2.37. The summed E-state index contributed by atoms with van der Waals surface area (Å²) in [5.74, 6) is 0.780. The molecule has 0 bridgehead atoms. The Labute approximate surface area is 141 Å². The molecule has 0 aromatic heterocycles. The monoisotopic (exact) mass is 337 g/mol. The Morgan fingerprint density at radius 2 is 1.88 bits per heavy atom. The van der Waals surface area contributed by atoms with E-state index in [0.29, 0.717) is 12.2 Å². The maximum Gasteiger partial charge on any atom is 0.412 e. The van der Waals surface area contributed by atoms with Crippen molar-refractivity contribution in [2.45, 2.75) is 33.2 Å². The van der Waals surface area contributed by atoms with Crippen LogP contribution in [0, 0.1) is 5.92 Å². The van der Waals surface area contributed by atoms with E-state index >= 15 is 0 Å². The van der Waals surface area contributed by atoms with E-state index in [9.17, 15) is 9.59 Å². The Balaban J connectivity index is 1.81. The van der Waals surface area contributed by atoms with Crippen LogP contribution >= 0.6 is 0 Å². The summed E-state index contributed by atoms with van der Waals surface area (Å²) in [6.07, 6.45) is 0.0911. The van der Waals surface area contributed by atoms with Crippen molar-refractivity contribution in [1.29, 1.82) is 0 Å². The summed E-state index contributed by atoms with van der Waals surface area (Å²) in [6.45, 7) is 5.19. The first-order valence-electron chi connectivity index (χ1n) is 7.83. The molecule has 1 aromatic carbocycles. The number of hydrogen-bond donors (Lipinski definition) is 0. The van der Waals surface area contributed by atoms with Crippen LogP contribution in [-0.2, 0) is 20.7 Å². The van der Waals surface area contributed by atoms with Gasteiger partial charge in [-0.15, -0.1) is 0 Å².